The number of aliphatic imine (C=N–C) groups is 1. The summed E-state index contributed by atoms with van der Waals surface area (Å²) in [5.41, 5.74) is 6.67. The maximum absolute atomic E-state index is 5.76. The second-order valence-corrected chi connectivity index (χ2v) is 3.86. The number of nitrogens with two attached hydrogens (primary N) is 1. The number of rotatable bonds is 3. The number of nitrogens with one attached hydrogen (secondary N) is 1. The number of anilines is 1. The van der Waals surface area contributed by atoms with Crippen LogP contribution in [0.25, 0.3) is 0 Å². The van der Waals surface area contributed by atoms with E-state index in [1.54, 1.807) is 0 Å². The number of benzene rings is 1. The normalized spacial score (nSPS) is 13.2. The molecule has 16 heavy (non-hydrogen) atoms. The first kappa shape index (κ1) is 12.1. The van der Waals surface area contributed by atoms with Crippen molar-refractivity contribution in [3.8, 4) is 12.3 Å². The highest BCUT2D eigenvalue weighted by Gasteiger charge is 2.08. The topological polar surface area (TPSA) is 50.4 Å². The largest absolute Gasteiger partial charge is 0.370 e. The lowest BCUT2D eigenvalue weighted by atomic mass is 10.1. The van der Waals surface area contributed by atoms with Gasteiger partial charge in [-0.15, -0.1) is 6.42 Å². The number of nitrogens with zero attached hydrogens (tertiary/aromatic N) is 1. The minimum absolute atomic E-state index is 0.184. The fourth-order valence-corrected chi connectivity index (χ4v) is 1.23. The average Bonchev–Trinajstić information content (AvgIpc) is 2.27. The average molecular weight is 215 g/mol. The van der Waals surface area contributed by atoms with Crippen LogP contribution in [0.4, 0.5) is 5.69 Å². The SMILES string of the molecule is C#CC(N=C(N)Nc1ccccc1)C(C)C. The summed E-state index contributed by atoms with van der Waals surface area (Å²) in [5, 5.41) is 2.99. The number of guanidine groups is 1. The van der Waals surface area contributed by atoms with Crippen molar-refractivity contribution in [3.05, 3.63) is 30.3 Å². The van der Waals surface area contributed by atoms with Crippen LogP contribution in [0.15, 0.2) is 35.3 Å². The van der Waals surface area contributed by atoms with Gasteiger partial charge in [-0.3, -0.25) is 0 Å². The lowest BCUT2D eigenvalue weighted by molar-refractivity contribution is 0.586. The quantitative estimate of drug-likeness (QED) is 0.461. The molecule has 3 N–H and O–H groups in total. The van der Waals surface area contributed by atoms with Gasteiger partial charge in [0.05, 0.1) is 0 Å². The monoisotopic (exact) mass is 215 g/mol. The van der Waals surface area contributed by atoms with Gasteiger partial charge >= 0.3 is 0 Å². The molecule has 0 aromatic heterocycles. The van der Waals surface area contributed by atoms with E-state index in [1.807, 2.05) is 44.2 Å². The van der Waals surface area contributed by atoms with Crippen LogP contribution < -0.4 is 11.1 Å². The summed E-state index contributed by atoms with van der Waals surface area (Å²) in [6.07, 6.45) is 5.37. The van der Waals surface area contributed by atoms with Crippen molar-refractivity contribution in [3.63, 3.8) is 0 Å². The third-order valence-electron chi connectivity index (χ3n) is 2.13. The molecule has 84 valence electrons. The Balaban J connectivity index is 2.69. The molecule has 3 heteroatoms. The maximum Gasteiger partial charge on any atom is 0.194 e. The molecule has 0 fully saturated rings. The number of hydrogen-bond acceptors (Lipinski definition) is 1. The molecule has 0 amide bonds. The van der Waals surface area contributed by atoms with Crippen molar-refractivity contribution >= 4 is 11.6 Å². The molecule has 0 radical (unpaired) electrons. The summed E-state index contributed by atoms with van der Waals surface area (Å²) in [7, 11) is 0. The molecule has 0 saturated heterocycles. The van der Waals surface area contributed by atoms with Crippen molar-refractivity contribution in [1.29, 1.82) is 0 Å². The molecule has 0 aliphatic carbocycles. The third kappa shape index (κ3) is 3.66. The van der Waals surface area contributed by atoms with Crippen LogP contribution in [0.1, 0.15) is 13.8 Å². The van der Waals surface area contributed by atoms with Gasteiger partial charge in [0.25, 0.3) is 0 Å². The van der Waals surface area contributed by atoms with E-state index in [9.17, 15) is 0 Å². The summed E-state index contributed by atoms with van der Waals surface area (Å²) < 4.78 is 0. The predicted molar refractivity (Wildman–Crippen MR) is 69.1 cm³/mol. The van der Waals surface area contributed by atoms with E-state index in [2.05, 4.69) is 16.2 Å². The van der Waals surface area contributed by atoms with E-state index in [0.717, 1.165) is 5.69 Å². The lowest BCUT2D eigenvalue weighted by Crippen LogP contribution is -2.26. The molecule has 0 aliphatic rings. The van der Waals surface area contributed by atoms with Crippen LogP contribution in [0.2, 0.25) is 0 Å². The fraction of sp³-hybridized carbons (Fsp3) is 0.308. The zero-order valence-electron chi connectivity index (χ0n) is 9.64. The van der Waals surface area contributed by atoms with Gasteiger partial charge in [-0.2, -0.15) is 0 Å². The standard InChI is InChI=1S/C13H17N3/c1-4-12(10(2)3)16-13(14)15-11-8-6-5-7-9-11/h1,5-10,12H,2-3H3,(H3,14,15,16). The van der Waals surface area contributed by atoms with E-state index in [-0.39, 0.29) is 12.0 Å². The van der Waals surface area contributed by atoms with E-state index in [4.69, 9.17) is 12.2 Å². The van der Waals surface area contributed by atoms with Crippen molar-refractivity contribution in [2.24, 2.45) is 16.6 Å². The van der Waals surface area contributed by atoms with Crippen LogP contribution >= 0.6 is 0 Å². The van der Waals surface area contributed by atoms with E-state index < -0.39 is 0 Å². The van der Waals surface area contributed by atoms with Gasteiger partial charge in [0.2, 0.25) is 0 Å². The molecule has 0 saturated carbocycles. The second-order valence-electron chi connectivity index (χ2n) is 3.86. The minimum atomic E-state index is -0.184. The van der Waals surface area contributed by atoms with Gasteiger partial charge in [-0.1, -0.05) is 38.0 Å². The van der Waals surface area contributed by atoms with Crippen molar-refractivity contribution in [2.45, 2.75) is 19.9 Å². The summed E-state index contributed by atoms with van der Waals surface area (Å²) in [6.45, 7) is 4.04. The van der Waals surface area contributed by atoms with Crippen molar-refractivity contribution in [1.82, 2.24) is 0 Å². The zero-order valence-corrected chi connectivity index (χ0v) is 9.64. The van der Waals surface area contributed by atoms with Crippen LogP contribution in [-0.2, 0) is 0 Å². The summed E-state index contributed by atoms with van der Waals surface area (Å²) in [4.78, 5) is 4.24. The van der Waals surface area contributed by atoms with Gasteiger partial charge in [-0.05, 0) is 18.1 Å². The van der Waals surface area contributed by atoms with Gasteiger partial charge in [0.1, 0.15) is 6.04 Å². The van der Waals surface area contributed by atoms with E-state index in [0.29, 0.717) is 5.96 Å². The molecule has 1 atom stereocenters. The first-order valence-corrected chi connectivity index (χ1v) is 5.25. The molecule has 0 spiro atoms. The van der Waals surface area contributed by atoms with Gasteiger partial charge in [-0.25, -0.2) is 4.99 Å². The first-order chi connectivity index (χ1) is 7.63. The molecule has 0 bridgehead atoms. The Bertz CT molecular complexity index is 387. The summed E-state index contributed by atoms with van der Waals surface area (Å²) in [6, 6.07) is 9.45. The minimum Gasteiger partial charge on any atom is -0.370 e. The van der Waals surface area contributed by atoms with Crippen LogP contribution in [0.3, 0.4) is 0 Å². The molecule has 0 aliphatic heterocycles. The molecule has 1 aromatic rings. The Labute approximate surface area is 96.8 Å². The molecule has 0 heterocycles. The smallest absolute Gasteiger partial charge is 0.194 e. The Hall–Kier alpha value is -1.95. The Kier molecular flexibility index (Phi) is 4.41. The molecular formula is C13H17N3. The van der Waals surface area contributed by atoms with E-state index >= 15 is 0 Å². The highest BCUT2D eigenvalue weighted by molar-refractivity contribution is 5.92. The second kappa shape index (κ2) is 5.82. The summed E-state index contributed by atoms with van der Waals surface area (Å²) >= 11 is 0. The van der Waals surface area contributed by atoms with E-state index in [1.165, 1.54) is 0 Å². The van der Waals surface area contributed by atoms with Gasteiger partial charge in [0.15, 0.2) is 5.96 Å². The predicted octanol–water partition coefficient (Wildman–Crippen LogP) is 2.07. The molecular weight excluding hydrogens is 198 g/mol. The highest BCUT2D eigenvalue weighted by Crippen LogP contribution is 2.07. The number of terminal acetylenes is 1. The summed E-state index contributed by atoms with van der Waals surface area (Å²) in [5.74, 6) is 3.24. The lowest BCUT2D eigenvalue weighted by Gasteiger charge is -2.11. The maximum atomic E-state index is 5.76. The molecule has 3 nitrogen and oxygen atoms in total. The van der Waals surface area contributed by atoms with Gasteiger partial charge in [0, 0.05) is 5.69 Å². The molecule has 1 rings (SSSR count). The number of hydrogen-bond donors (Lipinski definition) is 2. The first-order valence-electron chi connectivity index (χ1n) is 5.25. The molecule has 1 unspecified atom stereocenters. The Morgan fingerprint density at radius 2 is 2.00 bits per heavy atom. The van der Waals surface area contributed by atoms with Crippen LogP contribution in [0, 0.1) is 18.3 Å². The Morgan fingerprint density at radius 3 is 2.50 bits per heavy atom. The molecule has 1 aromatic carbocycles. The van der Waals surface area contributed by atoms with Crippen LogP contribution in [-0.4, -0.2) is 12.0 Å². The van der Waals surface area contributed by atoms with Crippen molar-refractivity contribution < 1.29 is 0 Å². The van der Waals surface area contributed by atoms with Gasteiger partial charge < -0.3 is 11.1 Å². The van der Waals surface area contributed by atoms with Crippen molar-refractivity contribution in [2.75, 3.05) is 5.32 Å². The fourth-order valence-electron chi connectivity index (χ4n) is 1.23. The Morgan fingerprint density at radius 1 is 1.38 bits per heavy atom. The number of para-hydroxylation sites is 1. The zero-order chi connectivity index (χ0) is 12.0. The third-order valence-corrected chi connectivity index (χ3v) is 2.13. The van der Waals surface area contributed by atoms with Crippen LogP contribution in [0.5, 0.6) is 0 Å². The highest BCUT2D eigenvalue weighted by atomic mass is 15.1.